The van der Waals surface area contributed by atoms with Crippen molar-refractivity contribution in [1.82, 2.24) is 4.90 Å². The fourth-order valence-electron chi connectivity index (χ4n) is 3.16. The largest absolute Gasteiger partial charge is 0.484 e. The molecule has 1 N–H and O–H groups in total. The summed E-state index contributed by atoms with van der Waals surface area (Å²) in [5.41, 5.74) is 0.910. The van der Waals surface area contributed by atoms with Crippen LogP contribution in [0.5, 0.6) is 5.75 Å². The second-order valence-electron chi connectivity index (χ2n) is 6.80. The molecule has 0 aliphatic carbocycles. The maximum atomic E-state index is 13.0. The molecule has 28 heavy (non-hydrogen) atoms. The fourth-order valence-corrected chi connectivity index (χ4v) is 3.28. The lowest BCUT2D eigenvalue weighted by atomic mass is 10.1. The molecular weight excluding hydrogens is 380 g/mol. The van der Waals surface area contributed by atoms with E-state index in [1.165, 1.54) is 0 Å². The van der Waals surface area contributed by atoms with Crippen molar-refractivity contribution in [3.05, 3.63) is 59.1 Å². The summed E-state index contributed by atoms with van der Waals surface area (Å²) in [6.07, 6.45) is -0.0514. The van der Waals surface area contributed by atoms with Gasteiger partial charge in [0, 0.05) is 18.1 Å². The predicted octanol–water partition coefficient (Wildman–Crippen LogP) is 3.61. The quantitative estimate of drug-likeness (QED) is 0.829. The standard InChI is InChI=1S/C21H23ClN2O4/c1-14-11-24(12-15(2)28-14)21(26)18-5-3-4-6-19(18)23-20(25)13-27-17-9-7-16(22)8-10-17/h3-10,14-15H,11-13H2,1-2H3,(H,23,25)/t14-,15-/m1/s1. The van der Waals surface area contributed by atoms with Crippen molar-refractivity contribution in [2.24, 2.45) is 0 Å². The van der Waals surface area contributed by atoms with Crippen LogP contribution in [0.25, 0.3) is 0 Å². The first kappa shape index (κ1) is 20.2. The lowest BCUT2D eigenvalue weighted by molar-refractivity contribution is -0.118. The first-order valence-electron chi connectivity index (χ1n) is 9.14. The van der Waals surface area contributed by atoms with Crippen LogP contribution < -0.4 is 10.1 Å². The molecule has 0 bridgehead atoms. The summed E-state index contributed by atoms with van der Waals surface area (Å²) in [4.78, 5) is 27.0. The third-order valence-electron chi connectivity index (χ3n) is 4.32. The van der Waals surface area contributed by atoms with Crippen LogP contribution in [-0.2, 0) is 9.53 Å². The van der Waals surface area contributed by atoms with Crippen molar-refractivity contribution < 1.29 is 19.1 Å². The number of benzene rings is 2. The van der Waals surface area contributed by atoms with Crippen molar-refractivity contribution >= 4 is 29.1 Å². The van der Waals surface area contributed by atoms with Gasteiger partial charge in [0.1, 0.15) is 5.75 Å². The van der Waals surface area contributed by atoms with E-state index in [0.717, 1.165) is 0 Å². The average molecular weight is 403 g/mol. The minimum atomic E-state index is -0.348. The number of carbonyl (C=O) groups is 2. The number of para-hydroxylation sites is 1. The first-order valence-corrected chi connectivity index (χ1v) is 9.52. The molecule has 2 aromatic rings. The van der Waals surface area contributed by atoms with E-state index < -0.39 is 0 Å². The van der Waals surface area contributed by atoms with Gasteiger partial charge in [0.05, 0.1) is 23.5 Å². The highest BCUT2D eigenvalue weighted by Gasteiger charge is 2.28. The first-order chi connectivity index (χ1) is 13.4. The van der Waals surface area contributed by atoms with Gasteiger partial charge in [-0.05, 0) is 50.2 Å². The van der Waals surface area contributed by atoms with E-state index in [2.05, 4.69) is 5.32 Å². The molecule has 2 atom stereocenters. The fraction of sp³-hybridized carbons (Fsp3) is 0.333. The number of halogens is 1. The Bertz CT molecular complexity index is 831. The Morgan fingerprint density at radius 1 is 1.11 bits per heavy atom. The van der Waals surface area contributed by atoms with Crippen molar-refractivity contribution in [2.75, 3.05) is 25.0 Å². The highest BCUT2D eigenvalue weighted by Crippen LogP contribution is 2.21. The van der Waals surface area contributed by atoms with Gasteiger partial charge in [0.2, 0.25) is 0 Å². The molecule has 1 aliphatic heterocycles. The van der Waals surface area contributed by atoms with Crippen molar-refractivity contribution in [2.45, 2.75) is 26.1 Å². The van der Waals surface area contributed by atoms with Gasteiger partial charge in [-0.1, -0.05) is 23.7 Å². The number of carbonyl (C=O) groups excluding carboxylic acids is 2. The number of rotatable bonds is 5. The molecule has 1 aliphatic rings. The molecule has 0 radical (unpaired) electrons. The molecule has 0 spiro atoms. The Kier molecular flexibility index (Phi) is 6.54. The van der Waals surface area contributed by atoms with Crippen molar-refractivity contribution in [3.63, 3.8) is 0 Å². The number of ether oxygens (including phenoxy) is 2. The van der Waals surface area contributed by atoms with Gasteiger partial charge in [-0.2, -0.15) is 0 Å². The van der Waals surface area contributed by atoms with Crippen LogP contribution in [0.4, 0.5) is 5.69 Å². The number of anilines is 1. The van der Waals surface area contributed by atoms with Crippen LogP contribution in [0.3, 0.4) is 0 Å². The molecule has 0 saturated carbocycles. The van der Waals surface area contributed by atoms with Crippen molar-refractivity contribution in [3.8, 4) is 5.75 Å². The van der Waals surface area contributed by atoms with Gasteiger partial charge >= 0.3 is 0 Å². The molecule has 1 saturated heterocycles. The third kappa shape index (κ3) is 5.24. The molecule has 2 amide bonds. The SMILES string of the molecule is C[C@@H]1CN(C(=O)c2ccccc2NC(=O)COc2ccc(Cl)cc2)C[C@@H](C)O1. The zero-order valence-corrected chi connectivity index (χ0v) is 16.6. The minimum Gasteiger partial charge on any atom is -0.484 e. The normalized spacial score (nSPS) is 19.2. The van der Waals surface area contributed by atoms with E-state index >= 15 is 0 Å². The van der Waals surface area contributed by atoms with Crippen LogP contribution in [0.1, 0.15) is 24.2 Å². The highest BCUT2D eigenvalue weighted by molar-refractivity contribution is 6.30. The van der Waals surface area contributed by atoms with Gasteiger partial charge in [-0.3, -0.25) is 9.59 Å². The van der Waals surface area contributed by atoms with Gasteiger partial charge in [-0.25, -0.2) is 0 Å². The summed E-state index contributed by atoms with van der Waals surface area (Å²) in [6.45, 7) is 4.75. The summed E-state index contributed by atoms with van der Waals surface area (Å²) in [7, 11) is 0. The lowest BCUT2D eigenvalue weighted by Crippen LogP contribution is -2.48. The summed E-state index contributed by atoms with van der Waals surface area (Å²) in [5.74, 6) is 0.0654. The molecule has 6 nitrogen and oxygen atoms in total. The molecule has 0 aromatic heterocycles. The van der Waals surface area contributed by atoms with E-state index in [1.807, 2.05) is 13.8 Å². The number of nitrogens with zero attached hydrogens (tertiary/aromatic N) is 1. The average Bonchev–Trinajstić information content (AvgIpc) is 2.67. The van der Waals surface area contributed by atoms with Gasteiger partial charge in [0.15, 0.2) is 6.61 Å². The number of amides is 2. The molecule has 148 valence electrons. The zero-order chi connectivity index (χ0) is 20.1. The second kappa shape index (κ2) is 9.08. The summed E-state index contributed by atoms with van der Waals surface area (Å²) in [6, 6.07) is 13.7. The van der Waals surface area contributed by atoms with Crippen molar-refractivity contribution in [1.29, 1.82) is 0 Å². The van der Waals surface area contributed by atoms with Crippen LogP contribution in [0.15, 0.2) is 48.5 Å². The Labute approximate surface area is 169 Å². The summed E-state index contributed by atoms with van der Waals surface area (Å²) < 4.78 is 11.1. The Morgan fingerprint density at radius 2 is 1.75 bits per heavy atom. The topological polar surface area (TPSA) is 67.9 Å². The van der Waals surface area contributed by atoms with E-state index in [0.29, 0.717) is 35.1 Å². The zero-order valence-electron chi connectivity index (χ0n) is 15.9. The monoisotopic (exact) mass is 402 g/mol. The maximum absolute atomic E-state index is 13.0. The molecule has 1 heterocycles. The van der Waals surface area contributed by atoms with Crippen LogP contribution in [0, 0.1) is 0 Å². The molecule has 1 fully saturated rings. The Hall–Kier alpha value is -2.57. The Morgan fingerprint density at radius 3 is 2.43 bits per heavy atom. The van der Waals surface area contributed by atoms with Crippen LogP contribution in [-0.4, -0.2) is 48.6 Å². The Balaban J connectivity index is 1.65. The highest BCUT2D eigenvalue weighted by atomic mass is 35.5. The number of hydrogen-bond acceptors (Lipinski definition) is 4. The molecule has 0 unspecified atom stereocenters. The van der Waals surface area contributed by atoms with Crippen LogP contribution >= 0.6 is 11.6 Å². The molecule has 3 rings (SSSR count). The van der Waals surface area contributed by atoms with Gasteiger partial charge in [-0.15, -0.1) is 0 Å². The minimum absolute atomic E-state index is 0.0257. The van der Waals surface area contributed by atoms with Crippen LogP contribution in [0.2, 0.25) is 5.02 Å². The maximum Gasteiger partial charge on any atom is 0.262 e. The molecular formula is C21H23ClN2O4. The summed E-state index contributed by atoms with van der Waals surface area (Å²) in [5, 5.41) is 3.36. The predicted molar refractivity (Wildman–Crippen MR) is 108 cm³/mol. The van der Waals surface area contributed by atoms with E-state index in [1.54, 1.807) is 53.4 Å². The van der Waals surface area contributed by atoms with Gasteiger partial charge in [0.25, 0.3) is 11.8 Å². The van der Waals surface area contributed by atoms with E-state index in [4.69, 9.17) is 21.1 Å². The molecule has 2 aromatic carbocycles. The number of hydrogen-bond donors (Lipinski definition) is 1. The number of morpholine rings is 1. The lowest BCUT2D eigenvalue weighted by Gasteiger charge is -2.35. The summed E-state index contributed by atoms with van der Waals surface area (Å²) >= 11 is 5.83. The smallest absolute Gasteiger partial charge is 0.262 e. The van der Waals surface area contributed by atoms with E-state index in [-0.39, 0.29) is 30.6 Å². The van der Waals surface area contributed by atoms with E-state index in [9.17, 15) is 9.59 Å². The van der Waals surface area contributed by atoms with Gasteiger partial charge < -0.3 is 19.7 Å². The molecule has 7 heteroatoms. The second-order valence-corrected chi connectivity index (χ2v) is 7.24. The number of nitrogens with one attached hydrogen (secondary N) is 1. The third-order valence-corrected chi connectivity index (χ3v) is 4.57.